The number of aromatic nitrogens is 1. The monoisotopic (exact) mass is 445 g/mol. The van der Waals surface area contributed by atoms with Gasteiger partial charge in [0.05, 0.1) is 12.0 Å². The van der Waals surface area contributed by atoms with Crippen molar-refractivity contribution in [2.45, 2.75) is 69.9 Å². The molecule has 0 bridgehead atoms. The van der Waals surface area contributed by atoms with Gasteiger partial charge in [-0.3, -0.25) is 9.59 Å². The summed E-state index contributed by atoms with van der Waals surface area (Å²) in [6, 6.07) is 4.19. The van der Waals surface area contributed by atoms with E-state index in [1.807, 2.05) is 29.2 Å². The minimum atomic E-state index is -0.785. The predicted molar refractivity (Wildman–Crippen MR) is 126 cm³/mol. The molecule has 31 heavy (non-hydrogen) atoms. The van der Waals surface area contributed by atoms with Crippen molar-refractivity contribution in [3.8, 4) is 0 Å². The van der Waals surface area contributed by atoms with E-state index in [0.29, 0.717) is 24.7 Å². The van der Waals surface area contributed by atoms with Crippen LogP contribution in [-0.4, -0.2) is 58.3 Å². The van der Waals surface area contributed by atoms with Crippen LogP contribution in [0, 0.1) is 5.92 Å². The van der Waals surface area contributed by atoms with E-state index in [4.69, 9.17) is 10.1 Å². The van der Waals surface area contributed by atoms with Crippen LogP contribution >= 0.6 is 11.8 Å². The first-order chi connectivity index (χ1) is 15.0. The first kappa shape index (κ1) is 23.6. The van der Waals surface area contributed by atoms with E-state index in [1.54, 1.807) is 11.8 Å². The minimum Gasteiger partial charge on any atom is -0.481 e. The third kappa shape index (κ3) is 6.25. The molecule has 0 spiro atoms. The highest BCUT2D eigenvalue weighted by Crippen LogP contribution is 2.30. The second kappa shape index (κ2) is 11.6. The van der Waals surface area contributed by atoms with Crippen molar-refractivity contribution in [1.29, 1.82) is 0 Å². The van der Waals surface area contributed by atoms with Crippen LogP contribution in [0.5, 0.6) is 0 Å². The molecule has 1 saturated carbocycles. The number of aliphatic carboxylic acids is 1. The highest BCUT2D eigenvalue weighted by molar-refractivity contribution is 7.99. The fraction of sp³-hybridized carbons (Fsp3) is 0.625. The average molecular weight is 446 g/mol. The van der Waals surface area contributed by atoms with Crippen LogP contribution < -0.4 is 4.90 Å². The van der Waals surface area contributed by atoms with Crippen LogP contribution in [0.2, 0.25) is 0 Å². The number of pyridine rings is 1. The summed E-state index contributed by atoms with van der Waals surface area (Å²) in [5.74, 6) is 1.01. The molecule has 170 valence electrons. The summed E-state index contributed by atoms with van der Waals surface area (Å²) >= 11 is 1.64. The summed E-state index contributed by atoms with van der Waals surface area (Å²) in [6.45, 7) is 6.25. The van der Waals surface area contributed by atoms with Gasteiger partial charge in [0.2, 0.25) is 0 Å². The van der Waals surface area contributed by atoms with Gasteiger partial charge in [-0.1, -0.05) is 38.3 Å². The molecule has 1 atom stereocenters. The third-order valence-electron chi connectivity index (χ3n) is 6.09. The molecule has 1 unspecified atom stereocenters. The van der Waals surface area contributed by atoms with Crippen LogP contribution in [-0.2, 0) is 4.79 Å². The van der Waals surface area contributed by atoms with E-state index in [2.05, 4.69) is 18.7 Å². The van der Waals surface area contributed by atoms with Crippen LogP contribution in [0.3, 0.4) is 0 Å². The van der Waals surface area contributed by atoms with Gasteiger partial charge in [-0.25, -0.2) is 4.98 Å². The van der Waals surface area contributed by atoms with E-state index in [9.17, 15) is 9.59 Å². The minimum absolute atomic E-state index is 0.0250. The number of anilines is 1. The predicted octanol–water partition coefficient (Wildman–Crippen LogP) is 4.85. The summed E-state index contributed by atoms with van der Waals surface area (Å²) in [5.41, 5.74) is 0.698. The molecule has 2 aliphatic rings. The molecule has 6 nitrogen and oxygen atoms in total. The first-order valence-corrected chi connectivity index (χ1v) is 12.6. The molecule has 1 aromatic heterocycles. The highest BCUT2D eigenvalue weighted by Gasteiger charge is 2.28. The van der Waals surface area contributed by atoms with Crippen LogP contribution in [0.4, 0.5) is 5.82 Å². The fourth-order valence-corrected chi connectivity index (χ4v) is 5.40. The summed E-state index contributed by atoms with van der Waals surface area (Å²) in [5, 5.41) is 9.92. The Morgan fingerprint density at radius 1 is 1.23 bits per heavy atom. The Bertz CT molecular complexity index is 792. The van der Waals surface area contributed by atoms with Crippen molar-refractivity contribution in [3.05, 3.63) is 29.8 Å². The Morgan fingerprint density at radius 3 is 2.68 bits per heavy atom. The number of carbonyl (C=O) groups is 2. The standard InChI is InChI=1S/C24H35N3O3S/c1-3-15-31-23-20(24(30)27(4-2)19-10-6-5-7-11-19)12-13-21(25-23)26-14-8-9-18(17-26)16-22(28)29/h8-9,12-13,18-19H,3-7,10-11,14-17H2,1-2H3,(H,28,29). The van der Waals surface area contributed by atoms with Gasteiger partial charge in [-0.15, -0.1) is 11.8 Å². The second-order valence-electron chi connectivity index (χ2n) is 8.44. The molecule has 1 aliphatic carbocycles. The van der Waals surface area contributed by atoms with Crippen molar-refractivity contribution in [2.75, 3.05) is 30.3 Å². The highest BCUT2D eigenvalue weighted by atomic mass is 32.2. The van der Waals surface area contributed by atoms with Crippen LogP contribution in [0.15, 0.2) is 29.3 Å². The number of hydrogen-bond acceptors (Lipinski definition) is 5. The lowest BCUT2D eigenvalue weighted by molar-refractivity contribution is -0.137. The zero-order valence-electron chi connectivity index (χ0n) is 18.8. The van der Waals surface area contributed by atoms with Gasteiger partial charge in [0, 0.05) is 31.6 Å². The summed E-state index contributed by atoms with van der Waals surface area (Å²) in [4.78, 5) is 33.7. The Hall–Kier alpha value is -2.02. The summed E-state index contributed by atoms with van der Waals surface area (Å²) in [7, 11) is 0. The van der Waals surface area contributed by atoms with Crippen molar-refractivity contribution in [1.82, 2.24) is 9.88 Å². The third-order valence-corrected chi connectivity index (χ3v) is 7.28. The molecule has 1 N–H and O–H groups in total. The Balaban J connectivity index is 1.83. The lowest BCUT2D eigenvalue weighted by atomic mass is 9.94. The maximum atomic E-state index is 13.5. The average Bonchev–Trinajstić information content (AvgIpc) is 2.78. The van der Waals surface area contributed by atoms with Crippen molar-refractivity contribution >= 4 is 29.5 Å². The van der Waals surface area contributed by atoms with Gasteiger partial charge < -0.3 is 14.9 Å². The molecule has 0 aromatic carbocycles. The molecule has 0 radical (unpaired) electrons. The lowest BCUT2D eigenvalue weighted by Crippen LogP contribution is -2.41. The van der Waals surface area contributed by atoms with Gasteiger partial charge in [0.15, 0.2) is 0 Å². The molecule has 1 amide bonds. The molecular weight excluding hydrogens is 410 g/mol. The molecule has 1 fully saturated rings. The zero-order chi connectivity index (χ0) is 22.2. The van der Waals surface area contributed by atoms with Gasteiger partial charge in [-0.2, -0.15) is 0 Å². The van der Waals surface area contributed by atoms with E-state index in [1.165, 1.54) is 19.3 Å². The van der Waals surface area contributed by atoms with Crippen molar-refractivity contribution in [3.63, 3.8) is 0 Å². The van der Waals surface area contributed by atoms with Gasteiger partial charge in [0.25, 0.3) is 5.91 Å². The number of carboxylic acid groups (broad SMARTS) is 1. The number of nitrogens with zero attached hydrogens (tertiary/aromatic N) is 3. The number of amides is 1. The van der Waals surface area contributed by atoms with Gasteiger partial charge in [0.1, 0.15) is 10.8 Å². The number of hydrogen-bond donors (Lipinski definition) is 1. The molecule has 0 saturated heterocycles. The number of thioether (sulfide) groups is 1. The van der Waals surface area contributed by atoms with Gasteiger partial charge in [-0.05, 0) is 44.1 Å². The first-order valence-electron chi connectivity index (χ1n) is 11.6. The van der Waals surface area contributed by atoms with E-state index >= 15 is 0 Å². The van der Waals surface area contributed by atoms with Crippen molar-refractivity contribution < 1.29 is 14.7 Å². The van der Waals surface area contributed by atoms with Gasteiger partial charge >= 0.3 is 5.97 Å². The maximum Gasteiger partial charge on any atom is 0.304 e. The van der Waals surface area contributed by atoms with Crippen LogP contribution in [0.25, 0.3) is 0 Å². The molecular formula is C24H35N3O3S. The molecule has 1 aliphatic heterocycles. The Kier molecular flexibility index (Phi) is 8.81. The SMILES string of the molecule is CCCSc1nc(N2CC=CC(CC(=O)O)C2)ccc1C(=O)N(CC)C1CCCCC1. The smallest absolute Gasteiger partial charge is 0.304 e. The number of rotatable bonds is 9. The molecule has 3 rings (SSSR count). The molecule has 1 aromatic rings. The summed E-state index contributed by atoms with van der Waals surface area (Å²) < 4.78 is 0. The molecule has 7 heteroatoms. The van der Waals surface area contributed by atoms with E-state index in [-0.39, 0.29) is 18.2 Å². The largest absolute Gasteiger partial charge is 0.481 e. The number of carbonyl (C=O) groups excluding carboxylic acids is 1. The topological polar surface area (TPSA) is 73.7 Å². The lowest BCUT2D eigenvalue weighted by Gasteiger charge is -2.34. The van der Waals surface area contributed by atoms with Crippen LogP contribution in [0.1, 0.15) is 69.2 Å². The van der Waals surface area contributed by atoms with E-state index < -0.39 is 5.97 Å². The molecule has 2 heterocycles. The fourth-order valence-electron chi connectivity index (χ4n) is 4.54. The van der Waals surface area contributed by atoms with Crippen molar-refractivity contribution in [2.24, 2.45) is 5.92 Å². The quantitative estimate of drug-likeness (QED) is 0.433. The Labute approximate surface area is 190 Å². The maximum absolute atomic E-state index is 13.5. The number of carboxylic acids is 1. The normalized spacial score (nSPS) is 19.4. The summed E-state index contributed by atoms with van der Waals surface area (Å²) in [6.07, 6.45) is 11.0. The van der Waals surface area contributed by atoms with E-state index in [0.717, 1.165) is 42.4 Å². The zero-order valence-corrected chi connectivity index (χ0v) is 19.6. The Morgan fingerprint density at radius 2 is 2.00 bits per heavy atom. The second-order valence-corrected chi connectivity index (χ2v) is 9.53.